The molecule has 546 valence electrons. The minimum absolute atomic E-state index is 0.0548. The fourth-order valence-corrected chi connectivity index (χ4v) is 14.1. The molecule has 0 saturated carbocycles. The largest absolute Gasteiger partial charge is 0.427 e. The Morgan fingerprint density at radius 2 is 0.743 bits per heavy atom. The molecule has 6 aliphatic rings. The average Bonchev–Trinajstić information content (AvgIpc) is 1.62. The monoisotopic (exact) mass is 1430 g/mol. The Bertz CT molecular complexity index is 4260. The van der Waals surface area contributed by atoms with E-state index < -0.39 is 113 Å². The van der Waals surface area contributed by atoms with Crippen LogP contribution in [0.2, 0.25) is 0 Å². The number of cyclic esters (lactones) is 8. The van der Waals surface area contributed by atoms with Crippen LogP contribution in [0.1, 0.15) is 206 Å². The second kappa shape index (κ2) is 36.5. The van der Waals surface area contributed by atoms with Crippen LogP contribution in [0.15, 0.2) is 152 Å². The Hall–Kier alpha value is -10.9. The number of hydrogen-bond donors (Lipinski definition) is 0. The molecule has 8 unspecified atom stereocenters. The highest BCUT2D eigenvalue weighted by molar-refractivity contribution is 6.08. The molecule has 6 aromatic carbocycles. The molecule has 8 atom stereocenters. The van der Waals surface area contributed by atoms with E-state index in [0.717, 1.165) is 88.2 Å². The molecule has 6 aromatic rings. The summed E-state index contributed by atoms with van der Waals surface area (Å²) in [6.07, 6.45) is 19.8. The Kier molecular flexibility index (Phi) is 26.2. The SMILES string of the molecule is O=C1CC(C2CC3C(=O)OC(=O)C3c3cc(OC(=O)CCCCCCCCCOOc4ccc(/C=C/C(=O)c5ccc(F)cc5)cc4)ccc32)C(=O)O1.O=C1CC(C2CC3C(=O)OC(=O)C3c3cc(OC(=O)CCCCCCCCCOOc4ccc(/C=C/C(=O)c5ccccc5)cc4)ccc32)C(=O)O1. The lowest BCUT2D eigenvalue weighted by Crippen LogP contribution is -2.31. The van der Waals surface area contributed by atoms with Crippen molar-refractivity contribution in [3.63, 3.8) is 0 Å². The van der Waals surface area contributed by atoms with E-state index in [1.807, 2.05) is 30.3 Å². The van der Waals surface area contributed by atoms with Gasteiger partial charge in [-0.1, -0.05) is 143 Å². The van der Waals surface area contributed by atoms with E-state index in [9.17, 15) is 61.9 Å². The highest BCUT2D eigenvalue weighted by Gasteiger charge is 2.56. The van der Waals surface area contributed by atoms with Crippen LogP contribution >= 0.6 is 0 Å². The number of rotatable bonds is 34. The first-order chi connectivity index (χ1) is 50.9. The van der Waals surface area contributed by atoms with Gasteiger partial charge in [0.05, 0.1) is 61.6 Å². The topological polar surface area (TPSA) is 297 Å². The van der Waals surface area contributed by atoms with Gasteiger partial charge in [-0.2, -0.15) is 9.78 Å². The van der Waals surface area contributed by atoms with Gasteiger partial charge in [0, 0.05) is 24.0 Å². The minimum Gasteiger partial charge on any atom is -0.427 e. The quantitative estimate of drug-likeness (QED) is 0.00417. The number of carbonyl (C=O) groups excluding carboxylic acids is 12. The molecule has 4 saturated heterocycles. The molecule has 4 fully saturated rings. The summed E-state index contributed by atoms with van der Waals surface area (Å²) in [4.78, 5) is 169. The van der Waals surface area contributed by atoms with Gasteiger partial charge in [0.2, 0.25) is 0 Å². The van der Waals surface area contributed by atoms with Crippen LogP contribution in [0.25, 0.3) is 12.2 Å². The normalized spacial score (nSPS) is 20.6. The molecule has 22 nitrogen and oxygen atoms in total. The molecule has 0 N–H and O–H groups in total. The Labute approximate surface area is 604 Å². The second-order valence-corrected chi connectivity index (χ2v) is 26.7. The Morgan fingerprint density at radius 1 is 0.371 bits per heavy atom. The molecule has 0 amide bonds. The maximum absolute atomic E-state index is 13.0. The van der Waals surface area contributed by atoms with Crippen molar-refractivity contribution < 1.29 is 110 Å². The summed E-state index contributed by atoms with van der Waals surface area (Å²) in [5, 5.41) is 0. The predicted octanol–water partition coefficient (Wildman–Crippen LogP) is 14.1. The summed E-state index contributed by atoms with van der Waals surface area (Å²) in [6, 6.07) is 38.6. The molecular weight excluding hydrogens is 1360 g/mol. The number of hydrogen-bond acceptors (Lipinski definition) is 22. The smallest absolute Gasteiger partial charge is 0.321 e. The third-order valence-corrected chi connectivity index (χ3v) is 19.5. The zero-order valence-electron chi connectivity index (χ0n) is 57.6. The van der Waals surface area contributed by atoms with Gasteiger partial charge in [-0.3, -0.25) is 57.5 Å². The van der Waals surface area contributed by atoms with Crippen molar-refractivity contribution in [3.8, 4) is 23.0 Å². The fourth-order valence-electron chi connectivity index (χ4n) is 14.1. The average molecular weight is 1440 g/mol. The van der Waals surface area contributed by atoms with E-state index in [1.54, 1.807) is 103 Å². The maximum Gasteiger partial charge on any atom is 0.321 e. The summed E-state index contributed by atoms with van der Waals surface area (Å²) in [6.45, 7) is 0.906. The summed E-state index contributed by atoms with van der Waals surface area (Å²) in [5.41, 5.74) is 4.97. The molecule has 0 spiro atoms. The molecule has 105 heavy (non-hydrogen) atoms. The lowest BCUT2D eigenvalue weighted by molar-refractivity contribution is -0.207. The van der Waals surface area contributed by atoms with Gasteiger partial charge in [0.15, 0.2) is 23.1 Å². The van der Waals surface area contributed by atoms with Crippen LogP contribution in [0.3, 0.4) is 0 Å². The molecule has 4 heterocycles. The summed E-state index contributed by atoms with van der Waals surface area (Å²) >= 11 is 0. The number of esters is 10. The maximum atomic E-state index is 13.0. The first kappa shape index (κ1) is 75.3. The van der Waals surface area contributed by atoms with E-state index >= 15 is 0 Å². The summed E-state index contributed by atoms with van der Waals surface area (Å²) in [7, 11) is 0. The van der Waals surface area contributed by atoms with E-state index in [-0.39, 0.29) is 61.6 Å². The van der Waals surface area contributed by atoms with Crippen molar-refractivity contribution in [2.45, 2.75) is 152 Å². The highest BCUT2D eigenvalue weighted by Crippen LogP contribution is 2.53. The number of carbonyl (C=O) groups is 12. The third-order valence-electron chi connectivity index (χ3n) is 19.5. The van der Waals surface area contributed by atoms with Crippen LogP contribution in [0.4, 0.5) is 4.39 Å². The minimum atomic E-state index is -0.859. The van der Waals surface area contributed by atoms with Crippen molar-refractivity contribution in [1.82, 2.24) is 0 Å². The van der Waals surface area contributed by atoms with Crippen LogP contribution in [0.5, 0.6) is 23.0 Å². The summed E-state index contributed by atoms with van der Waals surface area (Å²) in [5.74, 6) is -10.9. The van der Waals surface area contributed by atoms with Gasteiger partial charge >= 0.3 is 59.7 Å². The van der Waals surface area contributed by atoms with Crippen molar-refractivity contribution in [2.24, 2.45) is 23.7 Å². The highest BCUT2D eigenvalue weighted by atomic mass is 19.1. The van der Waals surface area contributed by atoms with Gasteiger partial charge < -0.3 is 38.2 Å². The molecule has 0 aromatic heterocycles. The molecule has 23 heteroatoms. The van der Waals surface area contributed by atoms with E-state index in [4.69, 9.17) is 48.0 Å². The first-order valence-electron chi connectivity index (χ1n) is 35.7. The number of ether oxygens (including phenoxy) is 6. The van der Waals surface area contributed by atoms with Crippen LogP contribution in [0, 0.1) is 29.5 Å². The number of fused-ring (bicyclic) bond motifs is 6. The van der Waals surface area contributed by atoms with Crippen molar-refractivity contribution >= 4 is 83.4 Å². The van der Waals surface area contributed by atoms with Crippen LogP contribution in [-0.4, -0.2) is 84.5 Å². The number of benzene rings is 6. The number of halogens is 1. The van der Waals surface area contributed by atoms with E-state index in [2.05, 4.69) is 0 Å². The van der Waals surface area contributed by atoms with Crippen LogP contribution < -0.4 is 19.2 Å². The zero-order chi connectivity index (χ0) is 73.8. The lowest BCUT2D eigenvalue weighted by Gasteiger charge is -2.33. The lowest BCUT2D eigenvalue weighted by atomic mass is 9.67. The molecule has 0 radical (unpaired) electrons. The van der Waals surface area contributed by atoms with Crippen molar-refractivity contribution in [2.75, 3.05) is 13.2 Å². The van der Waals surface area contributed by atoms with Gasteiger partial charge in [0.1, 0.15) is 17.3 Å². The van der Waals surface area contributed by atoms with Gasteiger partial charge in [-0.25, -0.2) is 4.39 Å². The fraction of sp³-hybridized carbons (Fsp3) is 0.366. The van der Waals surface area contributed by atoms with Crippen molar-refractivity contribution in [3.05, 3.63) is 202 Å². The number of ketones is 2. The molecule has 12 rings (SSSR count). The van der Waals surface area contributed by atoms with Crippen LogP contribution in [-0.2, 0) is 76.7 Å². The second-order valence-electron chi connectivity index (χ2n) is 26.7. The molecule has 0 bridgehead atoms. The first-order valence-corrected chi connectivity index (χ1v) is 35.7. The Balaban J connectivity index is 0.000000210. The van der Waals surface area contributed by atoms with E-state index in [0.29, 0.717) is 70.9 Å². The van der Waals surface area contributed by atoms with Crippen molar-refractivity contribution in [1.29, 1.82) is 0 Å². The number of allylic oxidation sites excluding steroid dienone is 2. The third kappa shape index (κ3) is 20.3. The van der Waals surface area contributed by atoms with Gasteiger partial charge in [0.25, 0.3) is 0 Å². The Morgan fingerprint density at radius 3 is 1.14 bits per heavy atom. The standard InChI is InChI=1S/C41H39FO11.C41H40O11/c42-27-14-12-26(13-15-27)35(43)20-11-25-9-16-28(17-10-25)53-49-21-7-5-3-1-2-4-6-8-36(44)50-29-18-19-30-31(33-24-37(45)51-39(33)46)23-34-38(32(30)22-29)41(48)52-40(34)47;42-35(27-11-7-6-8-12-27)21-16-26-14-17-28(18-15-26)52-48-22-10-5-3-1-2-4-9-13-36(43)49-29-19-20-30-31(33-25-37(44)50-39(33)45)24-34-38(32(30)23-29)41(47)51-40(34)46/h9-20,22,31,33-34,38H,1-8,21,23-24H2;6-8,11-12,14-21,23,31,33-34,38H,1-5,9-10,13,22,24-25H2/b20-11+;21-16+. The summed E-state index contributed by atoms with van der Waals surface area (Å²) < 4.78 is 43.5. The molecule has 4 aliphatic heterocycles. The number of unbranched alkanes of at least 4 members (excludes halogenated alkanes) is 12. The van der Waals surface area contributed by atoms with E-state index in [1.165, 1.54) is 30.3 Å². The van der Waals surface area contributed by atoms with Gasteiger partial charge in [-0.05, 0) is 169 Å². The molecular formula is C82H79FO22. The predicted molar refractivity (Wildman–Crippen MR) is 371 cm³/mol. The molecule has 2 aliphatic carbocycles. The van der Waals surface area contributed by atoms with Gasteiger partial charge in [-0.15, -0.1) is 0 Å². The zero-order valence-corrected chi connectivity index (χ0v) is 57.6.